The number of carbonyl (C=O) groups is 1. The van der Waals surface area contributed by atoms with Gasteiger partial charge in [0.2, 0.25) is 5.91 Å². The zero-order valence-corrected chi connectivity index (χ0v) is 9.44. The van der Waals surface area contributed by atoms with Crippen LogP contribution in [-0.4, -0.2) is 19.0 Å². The van der Waals surface area contributed by atoms with Crippen molar-refractivity contribution in [3.63, 3.8) is 0 Å². The molecule has 1 aliphatic rings. The quantitative estimate of drug-likeness (QED) is 0.728. The van der Waals surface area contributed by atoms with E-state index in [0.717, 1.165) is 24.3 Å². The van der Waals surface area contributed by atoms with Crippen LogP contribution in [0.1, 0.15) is 13.3 Å². The Kier molecular flexibility index (Phi) is 2.50. The minimum Gasteiger partial charge on any atom is -0.397 e. The third kappa shape index (κ3) is 1.71. The van der Waals surface area contributed by atoms with Gasteiger partial charge >= 0.3 is 0 Å². The first-order chi connectivity index (χ1) is 7.53. The van der Waals surface area contributed by atoms with E-state index < -0.39 is 5.41 Å². The van der Waals surface area contributed by atoms with Crippen LogP contribution in [0.4, 0.5) is 11.4 Å². The van der Waals surface area contributed by atoms with Crippen LogP contribution >= 0.6 is 0 Å². The van der Waals surface area contributed by atoms with E-state index in [1.54, 1.807) is 0 Å². The second-order valence-corrected chi connectivity index (χ2v) is 4.66. The summed E-state index contributed by atoms with van der Waals surface area (Å²) in [4.78, 5) is 13.5. The molecule has 1 aliphatic heterocycles. The molecule has 1 aromatic rings. The maximum absolute atomic E-state index is 11.3. The summed E-state index contributed by atoms with van der Waals surface area (Å²) in [5.74, 6) is -0.232. The zero-order valence-electron chi connectivity index (χ0n) is 9.44. The van der Waals surface area contributed by atoms with E-state index in [9.17, 15) is 4.79 Å². The van der Waals surface area contributed by atoms with Crippen LogP contribution in [0.3, 0.4) is 0 Å². The molecule has 4 heteroatoms. The zero-order chi connectivity index (χ0) is 11.8. The number of nitrogens with zero attached hydrogens (tertiary/aromatic N) is 1. The molecule has 86 valence electrons. The molecular weight excluding hydrogens is 202 g/mol. The van der Waals surface area contributed by atoms with Crippen molar-refractivity contribution < 1.29 is 4.79 Å². The van der Waals surface area contributed by atoms with Gasteiger partial charge in [-0.05, 0) is 25.5 Å². The molecule has 0 radical (unpaired) electrons. The van der Waals surface area contributed by atoms with E-state index in [4.69, 9.17) is 11.5 Å². The van der Waals surface area contributed by atoms with E-state index >= 15 is 0 Å². The van der Waals surface area contributed by atoms with Gasteiger partial charge in [-0.2, -0.15) is 0 Å². The molecule has 4 nitrogen and oxygen atoms in total. The van der Waals surface area contributed by atoms with Crippen LogP contribution in [0.5, 0.6) is 0 Å². The molecule has 1 heterocycles. The normalized spacial score (nSPS) is 24.7. The van der Waals surface area contributed by atoms with Crippen LogP contribution in [0.25, 0.3) is 0 Å². The van der Waals surface area contributed by atoms with Gasteiger partial charge in [0.25, 0.3) is 0 Å². The molecule has 1 fully saturated rings. The lowest BCUT2D eigenvalue weighted by Gasteiger charge is -2.23. The largest absolute Gasteiger partial charge is 0.397 e. The predicted molar refractivity (Wildman–Crippen MR) is 65.0 cm³/mol. The van der Waals surface area contributed by atoms with E-state index in [-0.39, 0.29) is 5.91 Å². The van der Waals surface area contributed by atoms with Crippen LogP contribution in [0.15, 0.2) is 24.3 Å². The van der Waals surface area contributed by atoms with E-state index in [0.29, 0.717) is 6.54 Å². The van der Waals surface area contributed by atoms with E-state index in [1.165, 1.54) is 0 Å². The molecule has 1 unspecified atom stereocenters. The second kappa shape index (κ2) is 3.70. The van der Waals surface area contributed by atoms with Gasteiger partial charge in [-0.15, -0.1) is 0 Å². The molecule has 0 aromatic heterocycles. The number of amides is 1. The van der Waals surface area contributed by atoms with Gasteiger partial charge in [-0.3, -0.25) is 4.79 Å². The number of para-hydroxylation sites is 2. The number of carbonyl (C=O) groups excluding carboxylic acids is 1. The summed E-state index contributed by atoms with van der Waals surface area (Å²) in [6, 6.07) is 7.70. The Bertz CT molecular complexity index is 418. The lowest BCUT2D eigenvalue weighted by Crippen LogP contribution is -2.37. The molecule has 1 saturated heterocycles. The van der Waals surface area contributed by atoms with Crippen molar-refractivity contribution in [2.75, 3.05) is 23.7 Å². The molecule has 0 spiro atoms. The topological polar surface area (TPSA) is 72.4 Å². The van der Waals surface area contributed by atoms with Gasteiger partial charge in [0, 0.05) is 13.1 Å². The van der Waals surface area contributed by atoms with Gasteiger partial charge in [0.1, 0.15) is 0 Å². The van der Waals surface area contributed by atoms with Crippen LogP contribution in [-0.2, 0) is 4.79 Å². The number of anilines is 2. The van der Waals surface area contributed by atoms with Crippen molar-refractivity contribution in [1.29, 1.82) is 0 Å². The minimum atomic E-state index is -0.428. The van der Waals surface area contributed by atoms with E-state index in [1.807, 2.05) is 31.2 Å². The van der Waals surface area contributed by atoms with Crippen LogP contribution < -0.4 is 16.4 Å². The highest BCUT2D eigenvalue weighted by atomic mass is 16.1. The fourth-order valence-electron chi connectivity index (χ4n) is 2.14. The standard InChI is InChI=1S/C12H17N3O/c1-12(11(14)16)6-7-15(8-12)10-5-3-2-4-9(10)13/h2-5H,6-8,13H2,1H3,(H2,14,16). The average Bonchev–Trinajstić information content (AvgIpc) is 2.63. The Morgan fingerprint density at radius 2 is 2.12 bits per heavy atom. The molecular formula is C12H17N3O. The number of benzene rings is 1. The van der Waals surface area contributed by atoms with Crippen molar-refractivity contribution in [2.24, 2.45) is 11.1 Å². The Morgan fingerprint density at radius 1 is 1.44 bits per heavy atom. The first kappa shape index (κ1) is 10.8. The number of primary amides is 1. The molecule has 1 amide bonds. The lowest BCUT2D eigenvalue weighted by molar-refractivity contribution is -0.125. The molecule has 0 bridgehead atoms. The highest BCUT2D eigenvalue weighted by Crippen LogP contribution is 2.35. The summed E-state index contributed by atoms with van der Waals surface area (Å²) in [6.07, 6.45) is 0.788. The first-order valence-electron chi connectivity index (χ1n) is 5.42. The smallest absolute Gasteiger partial charge is 0.225 e. The maximum atomic E-state index is 11.3. The minimum absolute atomic E-state index is 0.232. The SMILES string of the molecule is CC1(C(N)=O)CCN(c2ccccc2N)C1. The highest BCUT2D eigenvalue weighted by molar-refractivity contribution is 5.82. The molecule has 2 rings (SSSR count). The maximum Gasteiger partial charge on any atom is 0.225 e. The van der Waals surface area contributed by atoms with Crippen molar-refractivity contribution in [3.05, 3.63) is 24.3 Å². The molecule has 1 aromatic carbocycles. The second-order valence-electron chi connectivity index (χ2n) is 4.66. The van der Waals surface area contributed by atoms with Crippen LogP contribution in [0, 0.1) is 5.41 Å². The monoisotopic (exact) mass is 219 g/mol. The summed E-state index contributed by atoms with van der Waals surface area (Å²) < 4.78 is 0. The number of nitrogens with two attached hydrogens (primary N) is 2. The number of hydrogen-bond acceptors (Lipinski definition) is 3. The Balaban J connectivity index is 2.22. The Hall–Kier alpha value is -1.71. The Labute approximate surface area is 95.2 Å². The third-order valence-electron chi connectivity index (χ3n) is 3.35. The summed E-state index contributed by atoms with van der Waals surface area (Å²) in [7, 11) is 0. The van der Waals surface area contributed by atoms with Crippen molar-refractivity contribution in [3.8, 4) is 0 Å². The highest BCUT2D eigenvalue weighted by Gasteiger charge is 2.39. The molecule has 1 atom stereocenters. The van der Waals surface area contributed by atoms with Gasteiger partial charge < -0.3 is 16.4 Å². The van der Waals surface area contributed by atoms with Gasteiger partial charge in [0.15, 0.2) is 0 Å². The molecule has 0 aliphatic carbocycles. The Morgan fingerprint density at radius 3 is 2.69 bits per heavy atom. The molecule has 4 N–H and O–H groups in total. The van der Waals surface area contributed by atoms with Gasteiger partial charge in [-0.1, -0.05) is 12.1 Å². The lowest BCUT2D eigenvalue weighted by atomic mass is 9.89. The van der Waals surface area contributed by atoms with Crippen molar-refractivity contribution in [1.82, 2.24) is 0 Å². The first-order valence-corrected chi connectivity index (χ1v) is 5.42. The van der Waals surface area contributed by atoms with Crippen LogP contribution in [0.2, 0.25) is 0 Å². The number of rotatable bonds is 2. The number of hydrogen-bond donors (Lipinski definition) is 2. The fourth-order valence-corrected chi connectivity index (χ4v) is 2.14. The third-order valence-corrected chi connectivity index (χ3v) is 3.35. The summed E-state index contributed by atoms with van der Waals surface area (Å²) >= 11 is 0. The van der Waals surface area contributed by atoms with Crippen molar-refractivity contribution >= 4 is 17.3 Å². The molecule has 16 heavy (non-hydrogen) atoms. The predicted octanol–water partition coefficient (Wildman–Crippen LogP) is 0.970. The van der Waals surface area contributed by atoms with E-state index in [2.05, 4.69) is 4.90 Å². The average molecular weight is 219 g/mol. The van der Waals surface area contributed by atoms with Gasteiger partial charge in [-0.25, -0.2) is 0 Å². The molecule has 0 saturated carbocycles. The summed E-state index contributed by atoms with van der Waals surface area (Å²) in [5.41, 5.74) is 12.6. The fraction of sp³-hybridized carbons (Fsp3) is 0.417. The van der Waals surface area contributed by atoms with Gasteiger partial charge in [0.05, 0.1) is 16.8 Å². The number of nitrogen functional groups attached to an aromatic ring is 1. The van der Waals surface area contributed by atoms with Crippen molar-refractivity contribution in [2.45, 2.75) is 13.3 Å². The summed E-state index contributed by atoms with van der Waals surface area (Å²) in [5, 5.41) is 0. The summed E-state index contributed by atoms with van der Waals surface area (Å²) in [6.45, 7) is 3.39.